The number of anilines is 1. The Balaban J connectivity index is 2.93. The Hall–Kier alpha value is -2.02. The average molecular weight is 246 g/mol. The molecule has 0 aliphatic carbocycles. The van der Waals surface area contributed by atoms with Gasteiger partial charge in [-0.25, -0.2) is 0 Å². The van der Waals surface area contributed by atoms with E-state index in [2.05, 4.69) is 0 Å². The van der Waals surface area contributed by atoms with Crippen molar-refractivity contribution >= 4 is 11.5 Å². The molecule has 96 valence electrons. The van der Waals surface area contributed by atoms with Gasteiger partial charge >= 0.3 is 0 Å². The number of likely N-dealkylation sites (N-methyl/N-ethyl adjacent to an activating group) is 1. The number of methoxy groups -OCH3 is 1. The summed E-state index contributed by atoms with van der Waals surface area (Å²) < 4.78 is 5.25. The number of benzene rings is 1. The fourth-order valence-corrected chi connectivity index (χ4v) is 1.90. The van der Waals surface area contributed by atoms with Gasteiger partial charge in [-0.1, -0.05) is 0 Å². The molecule has 0 atom stereocenters. The number of hydrogen-bond acceptors (Lipinski definition) is 4. The van der Waals surface area contributed by atoms with Crippen molar-refractivity contribution in [3.8, 4) is 11.8 Å². The van der Waals surface area contributed by atoms with Crippen molar-refractivity contribution in [3.05, 3.63) is 23.3 Å². The molecule has 1 aromatic rings. The van der Waals surface area contributed by atoms with Crippen LogP contribution in [0.2, 0.25) is 0 Å². The van der Waals surface area contributed by atoms with Gasteiger partial charge in [0.05, 0.1) is 26.1 Å². The molecule has 0 aliphatic heterocycles. The second kappa shape index (κ2) is 6.06. The summed E-state index contributed by atoms with van der Waals surface area (Å²) in [6.45, 7) is 4.19. The second-order valence-electron chi connectivity index (χ2n) is 4.34. The van der Waals surface area contributed by atoms with Crippen LogP contribution in [0.15, 0.2) is 12.1 Å². The molecule has 0 spiro atoms. The first kappa shape index (κ1) is 14.0. The molecule has 0 aromatic heterocycles. The Kier molecular flexibility index (Phi) is 4.73. The highest BCUT2D eigenvalue weighted by Crippen LogP contribution is 2.27. The highest BCUT2D eigenvalue weighted by molar-refractivity contribution is 5.85. The maximum Gasteiger partial charge on any atom is 0.166 e. The van der Waals surface area contributed by atoms with Crippen molar-refractivity contribution in [1.29, 1.82) is 5.26 Å². The number of aryl methyl sites for hydroxylation is 2. The summed E-state index contributed by atoms with van der Waals surface area (Å²) in [5.41, 5.74) is 3.06. The molecule has 0 N–H and O–H groups in total. The normalized spacial score (nSPS) is 9.72. The lowest BCUT2D eigenvalue weighted by atomic mass is 10.1. The van der Waals surface area contributed by atoms with Gasteiger partial charge in [0, 0.05) is 12.7 Å². The minimum atomic E-state index is -0.0760. The first-order valence-corrected chi connectivity index (χ1v) is 5.74. The lowest BCUT2D eigenvalue weighted by molar-refractivity contribution is -0.116. The summed E-state index contributed by atoms with van der Waals surface area (Å²) in [7, 11) is 3.49. The SMILES string of the molecule is COc1cc(C)c(N(C)CC(=O)CC#N)cc1C. The van der Waals surface area contributed by atoms with E-state index in [9.17, 15) is 4.79 Å². The Labute approximate surface area is 108 Å². The predicted octanol–water partition coefficient (Wildman–Crippen LogP) is 2.23. The largest absolute Gasteiger partial charge is 0.496 e. The van der Waals surface area contributed by atoms with Crippen LogP contribution in [0.5, 0.6) is 5.75 Å². The third-order valence-electron chi connectivity index (χ3n) is 2.81. The molecule has 0 radical (unpaired) electrons. The van der Waals surface area contributed by atoms with Crippen LogP contribution >= 0.6 is 0 Å². The number of rotatable bonds is 5. The van der Waals surface area contributed by atoms with Gasteiger partial charge in [-0.05, 0) is 37.1 Å². The standard InChI is InChI=1S/C14H18N2O2/c1-10-8-14(18-4)11(2)7-13(10)16(3)9-12(17)5-6-15/h7-8H,5,9H2,1-4H3. The summed E-state index contributed by atoms with van der Waals surface area (Å²) in [6, 6.07) is 5.82. The van der Waals surface area contributed by atoms with E-state index in [4.69, 9.17) is 10.00 Å². The number of nitrogens with zero attached hydrogens (tertiary/aromatic N) is 2. The van der Waals surface area contributed by atoms with Crippen LogP contribution < -0.4 is 9.64 Å². The van der Waals surface area contributed by atoms with Crippen LogP contribution in [0.25, 0.3) is 0 Å². The van der Waals surface area contributed by atoms with E-state index in [0.717, 1.165) is 22.6 Å². The molecule has 0 fully saturated rings. The van der Waals surface area contributed by atoms with Gasteiger partial charge in [-0.2, -0.15) is 5.26 Å². The highest BCUT2D eigenvalue weighted by atomic mass is 16.5. The molecule has 4 nitrogen and oxygen atoms in total. The number of hydrogen-bond donors (Lipinski definition) is 0. The Morgan fingerprint density at radius 2 is 2.06 bits per heavy atom. The van der Waals surface area contributed by atoms with Crippen LogP contribution in [-0.2, 0) is 4.79 Å². The molecule has 0 aliphatic rings. The van der Waals surface area contributed by atoms with Crippen molar-refractivity contribution in [2.45, 2.75) is 20.3 Å². The van der Waals surface area contributed by atoms with Crippen LogP contribution in [-0.4, -0.2) is 26.5 Å². The molecule has 0 saturated carbocycles. The minimum absolute atomic E-state index is 0.0431. The zero-order valence-corrected chi connectivity index (χ0v) is 11.3. The van der Waals surface area contributed by atoms with Crippen molar-refractivity contribution in [1.82, 2.24) is 0 Å². The van der Waals surface area contributed by atoms with Gasteiger partial charge in [0.25, 0.3) is 0 Å². The summed E-state index contributed by atoms with van der Waals surface area (Å²) in [4.78, 5) is 13.3. The quantitative estimate of drug-likeness (QED) is 0.799. The summed E-state index contributed by atoms with van der Waals surface area (Å²) >= 11 is 0. The number of carbonyl (C=O) groups is 1. The third-order valence-corrected chi connectivity index (χ3v) is 2.81. The van der Waals surface area contributed by atoms with E-state index < -0.39 is 0 Å². The first-order chi connectivity index (χ1) is 8.49. The van der Waals surface area contributed by atoms with Gasteiger partial charge in [0.2, 0.25) is 0 Å². The molecule has 0 unspecified atom stereocenters. The lowest BCUT2D eigenvalue weighted by Gasteiger charge is -2.21. The van der Waals surface area contributed by atoms with E-state index in [1.807, 2.05) is 44.0 Å². The lowest BCUT2D eigenvalue weighted by Crippen LogP contribution is -2.26. The Bertz CT molecular complexity index is 489. The predicted molar refractivity (Wildman–Crippen MR) is 71.0 cm³/mol. The molecular weight excluding hydrogens is 228 g/mol. The summed E-state index contributed by atoms with van der Waals surface area (Å²) in [6.07, 6.45) is -0.0431. The molecule has 1 rings (SSSR count). The molecular formula is C14H18N2O2. The smallest absolute Gasteiger partial charge is 0.166 e. The van der Waals surface area contributed by atoms with Gasteiger partial charge < -0.3 is 9.64 Å². The molecule has 4 heteroatoms. The molecule has 1 aromatic carbocycles. The van der Waals surface area contributed by atoms with Gasteiger partial charge in [0.15, 0.2) is 5.78 Å². The zero-order valence-electron chi connectivity index (χ0n) is 11.3. The number of carbonyl (C=O) groups excluding carboxylic acids is 1. The number of ketones is 1. The average Bonchev–Trinajstić information content (AvgIpc) is 2.31. The topological polar surface area (TPSA) is 53.3 Å². The monoisotopic (exact) mass is 246 g/mol. The summed E-state index contributed by atoms with van der Waals surface area (Å²) in [5.74, 6) is 0.765. The van der Waals surface area contributed by atoms with Crippen molar-refractivity contribution < 1.29 is 9.53 Å². The van der Waals surface area contributed by atoms with Gasteiger partial charge in [-0.3, -0.25) is 4.79 Å². The van der Waals surface area contributed by atoms with E-state index in [-0.39, 0.29) is 18.7 Å². The van der Waals surface area contributed by atoms with E-state index in [1.165, 1.54) is 0 Å². The minimum Gasteiger partial charge on any atom is -0.496 e. The van der Waals surface area contributed by atoms with Crippen LogP contribution in [0, 0.1) is 25.2 Å². The zero-order chi connectivity index (χ0) is 13.7. The first-order valence-electron chi connectivity index (χ1n) is 5.74. The van der Waals surface area contributed by atoms with Crippen molar-refractivity contribution in [2.24, 2.45) is 0 Å². The number of Topliss-reactive ketones (excluding diaryl/α,β-unsaturated/α-hetero) is 1. The summed E-state index contributed by atoms with van der Waals surface area (Å²) in [5, 5.41) is 8.48. The maximum atomic E-state index is 11.5. The Morgan fingerprint density at radius 1 is 1.39 bits per heavy atom. The molecule has 0 saturated heterocycles. The Morgan fingerprint density at radius 3 is 2.61 bits per heavy atom. The fourth-order valence-electron chi connectivity index (χ4n) is 1.90. The molecule has 18 heavy (non-hydrogen) atoms. The molecule has 0 amide bonds. The fraction of sp³-hybridized carbons (Fsp3) is 0.429. The van der Waals surface area contributed by atoms with Gasteiger partial charge in [-0.15, -0.1) is 0 Å². The van der Waals surface area contributed by atoms with Gasteiger partial charge in [0.1, 0.15) is 5.75 Å². The molecule has 0 heterocycles. The van der Waals surface area contributed by atoms with Crippen LogP contribution in [0.3, 0.4) is 0 Å². The van der Waals surface area contributed by atoms with E-state index in [1.54, 1.807) is 7.11 Å². The number of nitriles is 1. The third kappa shape index (κ3) is 3.24. The maximum absolute atomic E-state index is 11.5. The van der Waals surface area contributed by atoms with Crippen molar-refractivity contribution in [2.75, 3.05) is 25.6 Å². The second-order valence-corrected chi connectivity index (χ2v) is 4.34. The van der Waals surface area contributed by atoms with Crippen LogP contribution in [0.4, 0.5) is 5.69 Å². The highest BCUT2D eigenvalue weighted by Gasteiger charge is 2.11. The van der Waals surface area contributed by atoms with E-state index in [0.29, 0.717) is 0 Å². The van der Waals surface area contributed by atoms with Crippen LogP contribution in [0.1, 0.15) is 17.5 Å². The van der Waals surface area contributed by atoms with Crippen molar-refractivity contribution in [3.63, 3.8) is 0 Å². The van der Waals surface area contributed by atoms with E-state index >= 15 is 0 Å². The number of ether oxygens (including phenoxy) is 1. The molecule has 0 bridgehead atoms.